The Hall–Kier alpha value is -0.570. The van der Waals surface area contributed by atoms with Gasteiger partial charge in [-0.3, -0.25) is 4.79 Å². The molecule has 0 heterocycles. The van der Waals surface area contributed by atoms with Gasteiger partial charge in [-0.05, 0) is 32.9 Å². The van der Waals surface area contributed by atoms with E-state index in [9.17, 15) is 4.79 Å². The first-order valence-electron chi connectivity index (χ1n) is 7.61. The fourth-order valence-corrected chi connectivity index (χ4v) is 1.89. The molecule has 0 saturated heterocycles. The summed E-state index contributed by atoms with van der Waals surface area (Å²) in [5, 5.41) is 3.10. The molecule has 0 aromatic carbocycles. The lowest BCUT2D eigenvalue weighted by molar-refractivity contribution is -0.143. The Morgan fingerprint density at radius 3 is 2.33 bits per heavy atom. The molecular weight excluding hydrogens is 226 g/mol. The van der Waals surface area contributed by atoms with Gasteiger partial charge in [-0.15, -0.1) is 0 Å². The molecule has 0 spiro atoms. The van der Waals surface area contributed by atoms with Crippen LogP contribution in [0.1, 0.15) is 71.1 Å². The minimum atomic E-state index is -0.0204. The Morgan fingerprint density at radius 2 is 1.61 bits per heavy atom. The first-order chi connectivity index (χ1) is 8.81. The third kappa shape index (κ3) is 13.5. The molecule has 3 heteroatoms. The molecule has 0 aliphatic heterocycles. The van der Waals surface area contributed by atoms with Crippen LogP contribution in [0.25, 0.3) is 0 Å². The van der Waals surface area contributed by atoms with Gasteiger partial charge >= 0.3 is 5.97 Å². The highest BCUT2D eigenvalue weighted by Crippen LogP contribution is 2.06. The summed E-state index contributed by atoms with van der Waals surface area (Å²) < 4.78 is 5.20. The second kappa shape index (κ2) is 14.5. The fraction of sp³-hybridized carbons (Fsp3) is 0.933. The summed E-state index contributed by atoms with van der Waals surface area (Å²) in [6.45, 7) is 3.87. The van der Waals surface area contributed by atoms with Gasteiger partial charge in [0.25, 0.3) is 0 Å². The van der Waals surface area contributed by atoms with Crippen LogP contribution in [-0.4, -0.2) is 26.2 Å². The molecule has 0 aliphatic carbocycles. The predicted molar refractivity (Wildman–Crippen MR) is 76.7 cm³/mol. The largest absolute Gasteiger partial charge is 0.466 e. The average molecular weight is 257 g/mol. The highest BCUT2D eigenvalue weighted by atomic mass is 16.5. The summed E-state index contributed by atoms with van der Waals surface area (Å²) >= 11 is 0. The van der Waals surface area contributed by atoms with Crippen molar-refractivity contribution in [2.75, 3.05) is 20.2 Å². The Kier molecular flexibility index (Phi) is 14.0. The lowest BCUT2D eigenvalue weighted by Gasteiger charge is -2.05. The van der Waals surface area contributed by atoms with Crippen molar-refractivity contribution < 1.29 is 9.53 Å². The Morgan fingerprint density at radius 1 is 0.944 bits per heavy atom. The van der Waals surface area contributed by atoms with E-state index in [0.717, 1.165) is 32.2 Å². The van der Waals surface area contributed by atoms with Crippen LogP contribution in [0.5, 0.6) is 0 Å². The molecule has 0 atom stereocenters. The van der Waals surface area contributed by atoms with Crippen LogP contribution in [0.3, 0.4) is 0 Å². The SMILES string of the molecule is CCCCCCCCOC(=O)CCCCCNC. The van der Waals surface area contributed by atoms with Crippen LogP contribution in [-0.2, 0) is 9.53 Å². The lowest BCUT2D eigenvalue weighted by atomic mass is 10.1. The van der Waals surface area contributed by atoms with Crippen LogP contribution in [0, 0.1) is 0 Å². The number of carbonyl (C=O) groups excluding carboxylic acids is 1. The Labute approximate surface area is 113 Å². The van der Waals surface area contributed by atoms with E-state index in [2.05, 4.69) is 12.2 Å². The minimum absolute atomic E-state index is 0.0204. The van der Waals surface area contributed by atoms with Crippen molar-refractivity contribution >= 4 is 5.97 Å². The van der Waals surface area contributed by atoms with Gasteiger partial charge in [-0.1, -0.05) is 45.4 Å². The molecule has 0 saturated carbocycles. The van der Waals surface area contributed by atoms with Gasteiger partial charge in [0.1, 0.15) is 0 Å². The van der Waals surface area contributed by atoms with Gasteiger partial charge < -0.3 is 10.1 Å². The molecule has 0 amide bonds. The van der Waals surface area contributed by atoms with E-state index < -0.39 is 0 Å². The van der Waals surface area contributed by atoms with Crippen molar-refractivity contribution in [1.82, 2.24) is 5.32 Å². The molecule has 0 aromatic rings. The molecule has 1 N–H and O–H groups in total. The lowest BCUT2D eigenvalue weighted by Crippen LogP contribution is -2.08. The number of hydrogen-bond donors (Lipinski definition) is 1. The normalized spacial score (nSPS) is 10.6. The Balaban J connectivity index is 3.12. The zero-order chi connectivity index (χ0) is 13.5. The number of esters is 1. The summed E-state index contributed by atoms with van der Waals surface area (Å²) in [6.07, 6.45) is 11.2. The van der Waals surface area contributed by atoms with Crippen LogP contribution in [0.15, 0.2) is 0 Å². The van der Waals surface area contributed by atoms with E-state index in [1.807, 2.05) is 7.05 Å². The van der Waals surface area contributed by atoms with E-state index in [-0.39, 0.29) is 5.97 Å². The summed E-state index contributed by atoms with van der Waals surface area (Å²) in [5.74, 6) is -0.0204. The molecule has 3 nitrogen and oxygen atoms in total. The number of ether oxygens (including phenoxy) is 1. The standard InChI is InChI=1S/C15H31NO2/c1-3-4-5-6-7-11-14-18-15(17)12-9-8-10-13-16-2/h16H,3-14H2,1-2H3. The topological polar surface area (TPSA) is 38.3 Å². The maximum absolute atomic E-state index is 11.4. The number of carbonyl (C=O) groups is 1. The Bertz CT molecular complexity index is 183. The van der Waals surface area contributed by atoms with Crippen LogP contribution in [0.4, 0.5) is 0 Å². The molecular formula is C15H31NO2. The maximum Gasteiger partial charge on any atom is 0.305 e. The molecule has 0 unspecified atom stereocenters. The highest BCUT2D eigenvalue weighted by Gasteiger charge is 2.01. The minimum Gasteiger partial charge on any atom is -0.466 e. The zero-order valence-electron chi connectivity index (χ0n) is 12.3. The first kappa shape index (κ1) is 17.4. The zero-order valence-corrected chi connectivity index (χ0v) is 12.3. The molecule has 0 fully saturated rings. The molecule has 18 heavy (non-hydrogen) atoms. The van der Waals surface area contributed by atoms with Gasteiger partial charge in [-0.25, -0.2) is 0 Å². The van der Waals surface area contributed by atoms with E-state index in [4.69, 9.17) is 4.74 Å². The maximum atomic E-state index is 11.4. The third-order valence-corrected chi connectivity index (χ3v) is 3.07. The average Bonchev–Trinajstić information content (AvgIpc) is 2.37. The van der Waals surface area contributed by atoms with Crippen molar-refractivity contribution in [3.05, 3.63) is 0 Å². The van der Waals surface area contributed by atoms with Crippen molar-refractivity contribution in [3.8, 4) is 0 Å². The van der Waals surface area contributed by atoms with Crippen molar-refractivity contribution in [3.63, 3.8) is 0 Å². The number of unbranched alkanes of at least 4 members (excludes halogenated alkanes) is 7. The summed E-state index contributed by atoms with van der Waals surface area (Å²) in [6, 6.07) is 0. The fourth-order valence-electron chi connectivity index (χ4n) is 1.89. The summed E-state index contributed by atoms with van der Waals surface area (Å²) in [5.41, 5.74) is 0. The van der Waals surface area contributed by atoms with Gasteiger partial charge in [0.2, 0.25) is 0 Å². The van der Waals surface area contributed by atoms with Crippen LogP contribution in [0.2, 0.25) is 0 Å². The second-order valence-electron chi connectivity index (χ2n) is 4.90. The second-order valence-corrected chi connectivity index (χ2v) is 4.90. The van der Waals surface area contributed by atoms with Crippen molar-refractivity contribution in [1.29, 1.82) is 0 Å². The molecule has 108 valence electrons. The number of rotatable bonds is 13. The van der Waals surface area contributed by atoms with Crippen molar-refractivity contribution in [2.24, 2.45) is 0 Å². The smallest absolute Gasteiger partial charge is 0.305 e. The molecule has 0 bridgehead atoms. The van der Waals surface area contributed by atoms with E-state index in [1.165, 1.54) is 32.1 Å². The molecule has 0 aromatic heterocycles. The van der Waals surface area contributed by atoms with E-state index >= 15 is 0 Å². The first-order valence-corrected chi connectivity index (χ1v) is 7.61. The molecule has 0 rings (SSSR count). The predicted octanol–water partition coefficient (Wildman–Crippen LogP) is 3.67. The number of hydrogen-bond acceptors (Lipinski definition) is 3. The van der Waals surface area contributed by atoms with Gasteiger partial charge in [0.15, 0.2) is 0 Å². The van der Waals surface area contributed by atoms with Crippen molar-refractivity contribution in [2.45, 2.75) is 71.1 Å². The molecule has 0 aliphatic rings. The molecule has 0 radical (unpaired) electrons. The summed E-state index contributed by atoms with van der Waals surface area (Å²) in [7, 11) is 1.95. The van der Waals surface area contributed by atoms with Crippen LogP contribution >= 0.6 is 0 Å². The van der Waals surface area contributed by atoms with E-state index in [0.29, 0.717) is 13.0 Å². The third-order valence-electron chi connectivity index (χ3n) is 3.07. The number of nitrogens with one attached hydrogen (secondary N) is 1. The summed E-state index contributed by atoms with van der Waals surface area (Å²) in [4.78, 5) is 11.4. The van der Waals surface area contributed by atoms with Crippen LogP contribution < -0.4 is 5.32 Å². The monoisotopic (exact) mass is 257 g/mol. The van der Waals surface area contributed by atoms with E-state index in [1.54, 1.807) is 0 Å². The van der Waals surface area contributed by atoms with Gasteiger partial charge in [-0.2, -0.15) is 0 Å². The van der Waals surface area contributed by atoms with Gasteiger partial charge in [0.05, 0.1) is 6.61 Å². The van der Waals surface area contributed by atoms with Gasteiger partial charge in [0, 0.05) is 6.42 Å². The quantitative estimate of drug-likeness (QED) is 0.404. The highest BCUT2D eigenvalue weighted by molar-refractivity contribution is 5.69.